The monoisotopic (exact) mass is 372 g/mol. The summed E-state index contributed by atoms with van der Waals surface area (Å²) in [5, 5.41) is 10.6. The van der Waals surface area contributed by atoms with Gasteiger partial charge in [0.25, 0.3) is 0 Å². The highest BCUT2D eigenvalue weighted by molar-refractivity contribution is 5.44. The molecule has 1 aromatic carbocycles. The van der Waals surface area contributed by atoms with Gasteiger partial charge in [-0.25, -0.2) is 4.98 Å². The summed E-state index contributed by atoms with van der Waals surface area (Å²) in [6.07, 6.45) is 6.66. The molecule has 0 aliphatic carbocycles. The number of nitrogens with zero attached hydrogens (tertiary/aromatic N) is 2. The maximum atomic E-state index is 10.6. The first kappa shape index (κ1) is 19.9. The van der Waals surface area contributed by atoms with Gasteiger partial charge in [-0.1, -0.05) is 69.4 Å². The third-order valence-corrected chi connectivity index (χ3v) is 5.07. The van der Waals surface area contributed by atoms with E-state index in [1.165, 1.54) is 24.8 Å². The summed E-state index contributed by atoms with van der Waals surface area (Å²) in [5.74, 6) is 1.25. The maximum absolute atomic E-state index is 10.6. The van der Waals surface area contributed by atoms with E-state index in [1.54, 1.807) is 0 Å². The maximum Gasteiger partial charge on any atom is 0.226 e. The van der Waals surface area contributed by atoms with Crippen molar-refractivity contribution in [2.24, 2.45) is 0 Å². The third kappa shape index (κ3) is 5.81. The Kier molecular flexibility index (Phi) is 7.72. The highest BCUT2D eigenvalue weighted by Gasteiger charge is 2.24. The fourth-order valence-corrected chi connectivity index (χ4v) is 3.49. The van der Waals surface area contributed by atoms with Crippen LogP contribution in [0.15, 0.2) is 34.7 Å². The molecular formula is C22H32N2O3. The normalized spacial score (nSPS) is 15.9. The van der Waals surface area contributed by atoms with Crippen LogP contribution < -0.4 is 4.90 Å². The summed E-state index contributed by atoms with van der Waals surface area (Å²) in [6.45, 7) is 5.19. The Labute approximate surface area is 162 Å². The highest BCUT2D eigenvalue weighted by Crippen LogP contribution is 2.30. The van der Waals surface area contributed by atoms with Gasteiger partial charge in [-0.2, -0.15) is 0 Å². The van der Waals surface area contributed by atoms with Crippen molar-refractivity contribution >= 4 is 5.88 Å². The van der Waals surface area contributed by atoms with Crippen LogP contribution in [0.5, 0.6) is 0 Å². The van der Waals surface area contributed by atoms with Crippen molar-refractivity contribution in [3.63, 3.8) is 0 Å². The van der Waals surface area contributed by atoms with Gasteiger partial charge in [0.15, 0.2) is 0 Å². The van der Waals surface area contributed by atoms with Crippen molar-refractivity contribution < 1.29 is 14.3 Å². The third-order valence-electron chi connectivity index (χ3n) is 5.07. The second kappa shape index (κ2) is 10.5. The number of aliphatic hydroxyl groups excluding tert-OH is 1. The lowest BCUT2D eigenvalue weighted by molar-refractivity contribution is 0.116. The number of oxazole rings is 1. The van der Waals surface area contributed by atoms with Gasteiger partial charge in [0, 0.05) is 19.5 Å². The van der Waals surface area contributed by atoms with Crippen LogP contribution in [0.25, 0.3) is 0 Å². The Balaban J connectivity index is 1.70. The number of hydrogen-bond donors (Lipinski definition) is 1. The summed E-state index contributed by atoms with van der Waals surface area (Å²) in [7, 11) is 0. The molecule has 1 saturated heterocycles. The number of aliphatic hydroxyl groups is 1. The molecule has 0 spiro atoms. The number of hydrogen-bond acceptors (Lipinski definition) is 5. The van der Waals surface area contributed by atoms with Crippen molar-refractivity contribution in [2.75, 3.05) is 31.2 Å². The fourth-order valence-electron chi connectivity index (χ4n) is 3.49. The summed E-state index contributed by atoms with van der Waals surface area (Å²) in [6, 6.07) is 10.3. The van der Waals surface area contributed by atoms with Gasteiger partial charge in [0.1, 0.15) is 11.8 Å². The average molecular weight is 373 g/mol. The second-order valence-corrected chi connectivity index (χ2v) is 7.28. The van der Waals surface area contributed by atoms with Crippen LogP contribution in [0.4, 0.5) is 5.88 Å². The minimum absolute atomic E-state index is 0.456. The van der Waals surface area contributed by atoms with E-state index in [0.717, 1.165) is 37.5 Å². The van der Waals surface area contributed by atoms with E-state index in [9.17, 15) is 5.11 Å². The first-order valence-electron chi connectivity index (χ1n) is 10.3. The quantitative estimate of drug-likeness (QED) is 0.623. The smallest absolute Gasteiger partial charge is 0.226 e. The van der Waals surface area contributed by atoms with E-state index < -0.39 is 6.10 Å². The SMILES string of the molecule is CCCCCCC[C@H](O)c1nc(Cc2ccccc2)c(N2CCOCC2)o1. The van der Waals surface area contributed by atoms with Gasteiger partial charge in [-0.05, 0) is 12.0 Å². The lowest BCUT2D eigenvalue weighted by atomic mass is 10.1. The molecule has 0 bridgehead atoms. The zero-order valence-electron chi connectivity index (χ0n) is 16.4. The predicted octanol–water partition coefficient (Wildman–Crippen LogP) is 4.50. The van der Waals surface area contributed by atoms with Crippen LogP contribution in [0.3, 0.4) is 0 Å². The lowest BCUT2D eigenvalue weighted by Crippen LogP contribution is -2.36. The molecular weight excluding hydrogens is 340 g/mol. The van der Waals surface area contributed by atoms with E-state index >= 15 is 0 Å². The first-order valence-corrected chi connectivity index (χ1v) is 10.3. The second-order valence-electron chi connectivity index (χ2n) is 7.28. The van der Waals surface area contributed by atoms with E-state index in [-0.39, 0.29) is 0 Å². The largest absolute Gasteiger partial charge is 0.422 e. The lowest BCUT2D eigenvalue weighted by Gasteiger charge is -2.26. The molecule has 3 rings (SSSR count). The Hall–Kier alpha value is -1.85. The molecule has 1 aromatic heterocycles. The van der Waals surface area contributed by atoms with Crippen LogP contribution >= 0.6 is 0 Å². The van der Waals surface area contributed by atoms with E-state index in [0.29, 0.717) is 31.9 Å². The van der Waals surface area contributed by atoms with Gasteiger partial charge in [-0.15, -0.1) is 0 Å². The predicted molar refractivity (Wildman–Crippen MR) is 107 cm³/mol. The molecule has 0 saturated carbocycles. The molecule has 2 aromatic rings. The molecule has 1 N–H and O–H groups in total. The van der Waals surface area contributed by atoms with Crippen LogP contribution in [-0.2, 0) is 11.2 Å². The molecule has 2 heterocycles. The van der Waals surface area contributed by atoms with E-state index in [1.807, 2.05) is 18.2 Å². The topological polar surface area (TPSA) is 58.7 Å². The average Bonchev–Trinajstić information content (AvgIpc) is 3.13. The molecule has 0 unspecified atom stereocenters. The summed E-state index contributed by atoms with van der Waals surface area (Å²) < 4.78 is 11.5. The Bertz CT molecular complexity index is 665. The molecule has 1 aliphatic heterocycles. The zero-order chi connectivity index (χ0) is 18.9. The molecule has 5 heteroatoms. The molecule has 1 atom stereocenters. The zero-order valence-corrected chi connectivity index (χ0v) is 16.4. The number of benzene rings is 1. The van der Waals surface area contributed by atoms with Crippen LogP contribution in [0.1, 0.15) is 68.7 Å². The van der Waals surface area contributed by atoms with Gasteiger partial charge < -0.3 is 19.2 Å². The number of aromatic nitrogens is 1. The number of anilines is 1. The summed E-state index contributed by atoms with van der Waals surface area (Å²) in [5.41, 5.74) is 2.10. The minimum Gasteiger partial charge on any atom is -0.422 e. The van der Waals surface area contributed by atoms with Crippen molar-refractivity contribution in [3.8, 4) is 0 Å². The number of rotatable bonds is 10. The van der Waals surface area contributed by atoms with Crippen LogP contribution in [0.2, 0.25) is 0 Å². The van der Waals surface area contributed by atoms with E-state index in [2.05, 4.69) is 24.0 Å². The van der Waals surface area contributed by atoms with Gasteiger partial charge in [-0.3, -0.25) is 0 Å². The highest BCUT2D eigenvalue weighted by atomic mass is 16.5. The molecule has 5 nitrogen and oxygen atoms in total. The Morgan fingerprint density at radius 3 is 2.56 bits per heavy atom. The Morgan fingerprint density at radius 1 is 1.07 bits per heavy atom. The number of morpholine rings is 1. The molecule has 0 amide bonds. The molecule has 148 valence electrons. The van der Waals surface area contributed by atoms with Crippen molar-refractivity contribution in [1.82, 2.24) is 4.98 Å². The van der Waals surface area contributed by atoms with Gasteiger partial charge in [0.05, 0.1) is 13.2 Å². The minimum atomic E-state index is -0.629. The van der Waals surface area contributed by atoms with E-state index in [4.69, 9.17) is 14.1 Å². The van der Waals surface area contributed by atoms with Crippen LogP contribution in [0, 0.1) is 0 Å². The van der Waals surface area contributed by atoms with Gasteiger partial charge >= 0.3 is 0 Å². The standard InChI is InChI=1S/C22H32N2O3/c1-2-3-4-5-9-12-20(25)21-23-19(17-18-10-7-6-8-11-18)22(27-21)24-13-15-26-16-14-24/h6-8,10-11,20,25H,2-5,9,12-17H2,1H3/t20-/m0/s1. The summed E-state index contributed by atoms with van der Waals surface area (Å²) in [4.78, 5) is 6.88. The fraction of sp³-hybridized carbons (Fsp3) is 0.591. The van der Waals surface area contributed by atoms with Crippen LogP contribution in [-0.4, -0.2) is 36.4 Å². The number of ether oxygens (including phenoxy) is 1. The molecule has 0 radical (unpaired) electrons. The molecule has 1 fully saturated rings. The molecule has 27 heavy (non-hydrogen) atoms. The Morgan fingerprint density at radius 2 is 1.81 bits per heavy atom. The number of unbranched alkanes of at least 4 members (excludes halogenated alkanes) is 4. The van der Waals surface area contributed by atoms with Crippen molar-refractivity contribution in [1.29, 1.82) is 0 Å². The van der Waals surface area contributed by atoms with Crippen molar-refractivity contribution in [3.05, 3.63) is 47.5 Å². The summed E-state index contributed by atoms with van der Waals surface area (Å²) >= 11 is 0. The van der Waals surface area contributed by atoms with Gasteiger partial charge in [0.2, 0.25) is 11.8 Å². The first-order chi connectivity index (χ1) is 13.3. The van der Waals surface area contributed by atoms with Crippen molar-refractivity contribution in [2.45, 2.75) is 58.0 Å². The molecule has 1 aliphatic rings.